The smallest absolute Gasteiger partial charge is 0.271 e. The molecule has 1 atom stereocenters. The van der Waals surface area contributed by atoms with E-state index in [0.29, 0.717) is 11.7 Å². The first-order valence-electron chi connectivity index (χ1n) is 8.83. The second kappa shape index (κ2) is 9.14. The Morgan fingerprint density at radius 2 is 2.11 bits per heavy atom. The Bertz CT molecular complexity index is 807. The summed E-state index contributed by atoms with van der Waals surface area (Å²) in [6.45, 7) is 1.77. The van der Waals surface area contributed by atoms with Gasteiger partial charge in [0.1, 0.15) is 0 Å². The minimum Gasteiger partial charge on any atom is -0.357 e. The molecule has 0 bridgehead atoms. The summed E-state index contributed by atoms with van der Waals surface area (Å²) in [7, 11) is 0. The summed E-state index contributed by atoms with van der Waals surface area (Å²) in [5.41, 5.74) is 0.342. The van der Waals surface area contributed by atoms with Crippen LogP contribution in [0, 0.1) is 10.1 Å². The van der Waals surface area contributed by atoms with Gasteiger partial charge in [-0.1, -0.05) is 48.4 Å². The van der Waals surface area contributed by atoms with E-state index in [0.717, 1.165) is 22.3 Å². The van der Waals surface area contributed by atoms with Gasteiger partial charge in [0, 0.05) is 23.9 Å². The number of nitrogens with one attached hydrogen (secondary N) is 2. The fourth-order valence-electron chi connectivity index (χ4n) is 2.88. The number of hydrogen-bond acceptors (Lipinski definition) is 8. The zero-order valence-corrected chi connectivity index (χ0v) is 16.5. The molecule has 144 valence electrons. The molecule has 0 saturated heterocycles. The van der Waals surface area contributed by atoms with Crippen molar-refractivity contribution in [2.75, 3.05) is 10.6 Å². The molecule has 1 heterocycles. The summed E-state index contributed by atoms with van der Waals surface area (Å²) in [6.07, 6.45) is 6.10. The highest BCUT2D eigenvalue weighted by molar-refractivity contribution is 8.02. The first-order chi connectivity index (χ1) is 13.0. The van der Waals surface area contributed by atoms with E-state index in [1.807, 2.05) is 0 Å². The molecule has 0 radical (unpaired) electrons. The number of hydrogen-bond donors (Lipinski definition) is 2. The lowest BCUT2D eigenvalue weighted by Gasteiger charge is -2.21. The van der Waals surface area contributed by atoms with Crippen LogP contribution in [0.2, 0.25) is 0 Å². The number of carbonyl (C=O) groups is 1. The first kappa shape index (κ1) is 19.6. The van der Waals surface area contributed by atoms with Gasteiger partial charge in [-0.05, 0) is 25.8 Å². The molecule has 27 heavy (non-hydrogen) atoms. The van der Waals surface area contributed by atoms with Crippen molar-refractivity contribution in [2.24, 2.45) is 0 Å². The summed E-state index contributed by atoms with van der Waals surface area (Å²) in [5.74, 6) is -0.238. The van der Waals surface area contributed by atoms with E-state index in [4.69, 9.17) is 0 Å². The van der Waals surface area contributed by atoms with Crippen LogP contribution in [-0.4, -0.2) is 32.3 Å². The lowest BCUT2D eigenvalue weighted by atomic mass is 9.96. The van der Waals surface area contributed by atoms with Gasteiger partial charge < -0.3 is 10.6 Å². The van der Waals surface area contributed by atoms with Crippen LogP contribution in [0.1, 0.15) is 39.0 Å². The Balaban J connectivity index is 1.53. The third-order valence-corrected chi connectivity index (χ3v) is 6.35. The highest BCUT2D eigenvalue weighted by Gasteiger charge is 2.19. The number of non-ortho nitro benzene ring substituents is 1. The zero-order chi connectivity index (χ0) is 19.2. The predicted octanol–water partition coefficient (Wildman–Crippen LogP) is 4.31. The van der Waals surface area contributed by atoms with E-state index in [9.17, 15) is 14.9 Å². The summed E-state index contributed by atoms with van der Waals surface area (Å²) < 4.78 is 0.718. The van der Waals surface area contributed by atoms with Crippen LogP contribution in [-0.2, 0) is 4.79 Å². The second-order valence-electron chi connectivity index (χ2n) is 6.41. The summed E-state index contributed by atoms with van der Waals surface area (Å²) in [4.78, 5) is 22.7. The quantitative estimate of drug-likeness (QED) is 0.400. The monoisotopic (exact) mass is 407 g/mol. The van der Waals surface area contributed by atoms with E-state index >= 15 is 0 Å². The van der Waals surface area contributed by atoms with Crippen LogP contribution < -0.4 is 10.6 Å². The Morgan fingerprint density at radius 3 is 2.85 bits per heavy atom. The first-order valence-corrected chi connectivity index (χ1v) is 10.5. The molecule has 2 N–H and O–H groups in total. The third kappa shape index (κ3) is 5.64. The minimum absolute atomic E-state index is 0.0596. The van der Waals surface area contributed by atoms with Crippen molar-refractivity contribution >= 4 is 45.5 Å². The number of anilines is 2. The van der Waals surface area contributed by atoms with Gasteiger partial charge in [-0.3, -0.25) is 14.9 Å². The Morgan fingerprint density at radius 1 is 1.33 bits per heavy atom. The average Bonchev–Trinajstić information content (AvgIpc) is 3.09. The van der Waals surface area contributed by atoms with Crippen molar-refractivity contribution in [1.29, 1.82) is 0 Å². The molecular weight excluding hydrogens is 386 g/mol. The number of nitro groups is 1. The van der Waals surface area contributed by atoms with Crippen LogP contribution in [0.25, 0.3) is 0 Å². The lowest BCUT2D eigenvalue weighted by Crippen LogP contribution is -2.22. The molecule has 0 spiro atoms. The second-order valence-corrected chi connectivity index (χ2v) is 8.97. The normalized spacial score (nSPS) is 15.9. The maximum atomic E-state index is 12.4. The largest absolute Gasteiger partial charge is 0.357 e. The topological polar surface area (TPSA) is 110 Å². The molecule has 3 rings (SSSR count). The predicted molar refractivity (Wildman–Crippen MR) is 107 cm³/mol. The van der Waals surface area contributed by atoms with Crippen LogP contribution in [0.5, 0.6) is 0 Å². The molecule has 1 amide bonds. The van der Waals surface area contributed by atoms with Gasteiger partial charge in [-0.2, -0.15) is 0 Å². The lowest BCUT2D eigenvalue weighted by molar-refractivity contribution is -0.384. The van der Waals surface area contributed by atoms with Crippen LogP contribution in [0.3, 0.4) is 0 Å². The SMILES string of the molecule is CC(Sc1nnc(NC2CCCCC2)s1)C(=O)Nc1cccc([N+](=O)[O-])c1. The molecule has 1 unspecified atom stereocenters. The van der Waals surface area contributed by atoms with Gasteiger partial charge in [-0.15, -0.1) is 10.2 Å². The highest BCUT2D eigenvalue weighted by atomic mass is 32.2. The fraction of sp³-hybridized carbons (Fsp3) is 0.471. The number of carbonyl (C=O) groups excluding carboxylic acids is 1. The molecule has 2 aromatic rings. The standard InChI is InChI=1S/C17H21N5O3S2/c1-11(15(23)18-13-8-5-9-14(10-13)22(24)25)26-17-21-20-16(27-17)19-12-6-3-2-4-7-12/h5,8-12H,2-4,6-7H2,1H3,(H,18,23)(H,19,20). The summed E-state index contributed by atoms with van der Waals surface area (Å²) in [6, 6.07) is 6.35. The van der Waals surface area contributed by atoms with Crippen molar-refractivity contribution in [1.82, 2.24) is 10.2 Å². The molecular formula is C17H21N5O3S2. The maximum Gasteiger partial charge on any atom is 0.271 e. The number of rotatable bonds is 7. The van der Waals surface area contributed by atoms with Crippen molar-refractivity contribution < 1.29 is 9.72 Å². The molecule has 1 aromatic carbocycles. The number of nitro benzene ring substituents is 1. The van der Waals surface area contributed by atoms with Gasteiger partial charge in [0.25, 0.3) is 5.69 Å². The van der Waals surface area contributed by atoms with Crippen molar-refractivity contribution in [3.05, 3.63) is 34.4 Å². The zero-order valence-electron chi connectivity index (χ0n) is 14.9. The van der Waals surface area contributed by atoms with Crippen molar-refractivity contribution in [2.45, 2.75) is 54.7 Å². The molecule has 8 nitrogen and oxygen atoms in total. The Labute approximate surface area is 165 Å². The number of amides is 1. The number of benzene rings is 1. The van der Waals surface area contributed by atoms with E-state index < -0.39 is 10.2 Å². The van der Waals surface area contributed by atoms with Gasteiger partial charge in [0.05, 0.1) is 10.2 Å². The van der Waals surface area contributed by atoms with Crippen LogP contribution in [0.4, 0.5) is 16.5 Å². The highest BCUT2D eigenvalue weighted by Crippen LogP contribution is 2.31. The maximum absolute atomic E-state index is 12.4. The Hall–Kier alpha value is -2.20. The minimum atomic E-state index is -0.490. The third-order valence-electron chi connectivity index (χ3n) is 4.31. The van der Waals surface area contributed by atoms with Gasteiger partial charge in [0.15, 0.2) is 4.34 Å². The van der Waals surface area contributed by atoms with E-state index in [1.54, 1.807) is 19.1 Å². The average molecular weight is 408 g/mol. The summed E-state index contributed by atoms with van der Waals surface area (Å²) >= 11 is 2.77. The van der Waals surface area contributed by atoms with Gasteiger partial charge in [0.2, 0.25) is 11.0 Å². The summed E-state index contributed by atoms with van der Waals surface area (Å²) in [5, 5.41) is 25.7. The van der Waals surface area contributed by atoms with Gasteiger partial charge in [-0.25, -0.2) is 0 Å². The van der Waals surface area contributed by atoms with E-state index in [-0.39, 0.29) is 11.6 Å². The van der Waals surface area contributed by atoms with Crippen LogP contribution >= 0.6 is 23.1 Å². The number of thioether (sulfide) groups is 1. The molecule has 1 aliphatic carbocycles. The molecule has 1 fully saturated rings. The van der Waals surface area contributed by atoms with Crippen molar-refractivity contribution in [3.63, 3.8) is 0 Å². The van der Waals surface area contributed by atoms with E-state index in [1.165, 1.54) is 54.5 Å². The molecule has 0 aliphatic heterocycles. The molecule has 1 aliphatic rings. The molecule has 1 saturated carbocycles. The Kier molecular flexibility index (Phi) is 6.62. The van der Waals surface area contributed by atoms with Crippen LogP contribution in [0.15, 0.2) is 28.6 Å². The van der Waals surface area contributed by atoms with Crippen molar-refractivity contribution in [3.8, 4) is 0 Å². The number of aromatic nitrogens is 2. The van der Waals surface area contributed by atoms with Gasteiger partial charge >= 0.3 is 0 Å². The molecule has 10 heteroatoms. The number of nitrogens with zero attached hydrogens (tertiary/aromatic N) is 3. The fourth-order valence-corrected chi connectivity index (χ4v) is 4.86. The van der Waals surface area contributed by atoms with E-state index in [2.05, 4.69) is 20.8 Å². The molecule has 1 aromatic heterocycles.